The van der Waals surface area contributed by atoms with Crippen molar-refractivity contribution in [3.05, 3.63) is 68.0 Å². The number of hydrogen-bond acceptors (Lipinski definition) is 6. The molecular formula is C34H49N5O4. The van der Waals surface area contributed by atoms with Gasteiger partial charge >= 0.3 is 0 Å². The van der Waals surface area contributed by atoms with E-state index in [4.69, 9.17) is 14.5 Å². The van der Waals surface area contributed by atoms with Gasteiger partial charge in [0.15, 0.2) is 5.82 Å². The first-order valence-corrected chi connectivity index (χ1v) is 15.0. The smallest absolute Gasteiger partial charge is 0.222 e. The van der Waals surface area contributed by atoms with Gasteiger partial charge in [-0.05, 0) is 69.6 Å². The monoisotopic (exact) mass is 591 g/mol. The van der Waals surface area contributed by atoms with Crippen molar-refractivity contribution < 1.29 is 19.1 Å². The van der Waals surface area contributed by atoms with Crippen LogP contribution in [0.4, 0.5) is 0 Å². The molecule has 0 saturated heterocycles. The molecule has 9 heteroatoms. The van der Waals surface area contributed by atoms with Crippen molar-refractivity contribution in [3.8, 4) is 17.3 Å². The SMILES string of the molecule is C=C.C=CCCCCCN(C)C(=O)CC(C)CCOc1cc(-n2ccc(C)n2)nc2cc(OC)ccc12.O=CNC1CC1. The van der Waals surface area contributed by atoms with E-state index in [0.717, 1.165) is 73.2 Å². The predicted molar refractivity (Wildman–Crippen MR) is 174 cm³/mol. The summed E-state index contributed by atoms with van der Waals surface area (Å²) in [5, 5.41) is 8.04. The summed E-state index contributed by atoms with van der Waals surface area (Å²) in [5.41, 5.74) is 1.70. The summed E-state index contributed by atoms with van der Waals surface area (Å²) in [6.45, 7) is 15.1. The van der Waals surface area contributed by atoms with Gasteiger partial charge in [0, 0.05) is 49.8 Å². The lowest BCUT2D eigenvalue weighted by molar-refractivity contribution is -0.130. The van der Waals surface area contributed by atoms with Crippen molar-refractivity contribution in [2.75, 3.05) is 27.3 Å². The van der Waals surface area contributed by atoms with Crippen LogP contribution < -0.4 is 14.8 Å². The average Bonchev–Trinajstić information content (AvgIpc) is 3.73. The molecule has 2 aromatic heterocycles. The molecule has 9 nitrogen and oxygen atoms in total. The Labute approximate surface area is 257 Å². The molecule has 1 fully saturated rings. The summed E-state index contributed by atoms with van der Waals surface area (Å²) in [6, 6.07) is 10.2. The van der Waals surface area contributed by atoms with E-state index in [1.165, 1.54) is 12.8 Å². The number of carbonyl (C=O) groups excluding carboxylic acids is 2. The number of rotatable bonds is 16. The molecular weight excluding hydrogens is 542 g/mol. The number of nitrogens with one attached hydrogen (secondary N) is 1. The predicted octanol–water partition coefficient (Wildman–Crippen LogP) is 6.43. The van der Waals surface area contributed by atoms with Crippen molar-refractivity contribution in [1.82, 2.24) is 25.0 Å². The fraction of sp³-hybridized carbons (Fsp3) is 0.471. The molecule has 4 rings (SSSR count). The number of carbonyl (C=O) groups is 2. The number of methoxy groups -OCH3 is 1. The van der Waals surface area contributed by atoms with Crippen LogP contribution in [0.5, 0.6) is 11.5 Å². The number of aryl methyl sites for hydroxylation is 1. The summed E-state index contributed by atoms with van der Waals surface area (Å²) in [5.74, 6) is 2.59. The van der Waals surface area contributed by atoms with Gasteiger partial charge in [0.25, 0.3) is 0 Å². The Morgan fingerprint density at radius 1 is 1.21 bits per heavy atom. The molecule has 1 N–H and O–H groups in total. The number of aromatic nitrogens is 3. The lowest BCUT2D eigenvalue weighted by atomic mass is 10.0. The van der Waals surface area contributed by atoms with Crippen molar-refractivity contribution in [2.45, 2.75) is 71.3 Å². The van der Waals surface area contributed by atoms with Gasteiger partial charge in [-0.3, -0.25) is 9.59 Å². The highest BCUT2D eigenvalue weighted by Crippen LogP contribution is 2.30. The number of pyridine rings is 1. The number of allylic oxidation sites excluding steroid dienone is 1. The molecule has 1 aromatic carbocycles. The van der Waals surface area contributed by atoms with Crippen molar-refractivity contribution in [2.24, 2.45) is 5.92 Å². The minimum Gasteiger partial charge on any atom is -0.497 e. The van der Waals surface area contributed by atoms with E-state index in [-0.39, 0.29) is 11.8 Å². The fourth-order valence-electron chi connectivity index (χ4n) is 4.28. The summed E-state index contributed by atoms with van der Waals surface area (Å²) in [4.78, 5) is 28.7. The number of nitrogens with zero attached hydrogens (tertiary/aromatic N) is 4. The third kappa shape index (κ3) is 12.3. The van der Waals surface area contributed by atoms with Crippen LogP contribution in [-0.4, -0.2) is 65.3 Å². The first-order valence-electron chi connectivity index (χ1n) is 15.0. The molecule has 1 unspecified atom stereocenters. The largest absolute Gasteiger partial charge is 0.497 e. The Kier molecular flexibility index (Phi) is 15.6. The highest BCUT2D eigenvalue weighted by molar-refractivity contribution is 5.87. The number of unbranched alkanes of at least 4 members (excludes halogenated alkanes) is 3. The molecule has 2 amide bonds. The average molecular weight is 592 g/mol. The van der Waals surface area contributed by atoms with Crippen LogP contribution in [-0.2, 0) is 9.59 Å². The van der Waals surface area contributed by atoms with E-state index >= 15 is 0 Å². The van der Waals surface area contributed by atoms with E-state index in [9.17, 15) is 9.59 Å². The lowest BCUT2D eigenvalue weighted by Gasteiger charge is -2.20. The molecule has 0 spiro atoms. The molecule has 3 aromatic rings. The Bertz CT molecular complexity index is 1290. The Morgan fingerprint density at radius 2 is 1.98 bits per heavy atom. The van der Waals surface area contributed by atoms with Crippen molar-refractivity contribution in [3.63, 3.8) is 0 Å². The molecule has 1 aliphatic rings. The summed E-state index contributed by atoms with van der Waals surface area (Å²) < 4.78 is 13.3. The first kappa shape index (κ1) is 35.1. The third-order valence-corrected chi connectivity index (χ3v) is 7.02. The second-order valence-corrected chi connectivity index (χ2v) is 10.7. The van der Waals surface area contributed by atoms with Crippen LogP contribution in [0.3, 0.4) is 0 Å². The van der Waals surface area contributed by atoms with Gasteiger partial charge in [-0.25, -0.2) is 9.67 Å². The van der Waals surface area contributed by atoms with Gasteiger partial charge in [-0.2, -0.15) is 5.10 Å². The second-order valence-electron chi connectivity index (χ2n) is 10.7. The summed E-state index contributed by atoms with van der Waals surface area (Å²) >= 11 is 0. The maximum absolute atomic E-state index is 12.6. The number of hydrogen-bond donors (Lipinski definition) is 1. The molecule has 1 aliphatic carbocycles. The topological polar surface area (TPSA) is 98.6 Å². The molecule has 43 heavy (non-hydrogen) atoms. The summed E-state index contributed by atoms with van der Waals surface area (Å²) in [7, 11) is 3.54. The van der Waals surface area contributed by atoms with Crippen LogP contribution in [0, 0.1) is 12.8 Å². The molecule has 234 valence electrons. The Balaban J connectivity index is 0.000000706. The highest BCUT2D eigenvalue weighted by atomic mass is 16.5. The zero-order valence-electron chi connectivity index (χ0n) is 26.4. The molecule has 0 aliphatic heterocycles. The minimum absolute atomic E-state index is 0.194. The third-order valence-electron chi connectivity index (χ3n) is 7.02. The maximum Gasteiger partial charge on any atom is 0.222 e. The lowest BCUT2D eigenvalue weighted by Crippen LogP contribution is -2.29. The number of amides is 2. The minimum atomic E-state index is 0.194. The molecule has 2 heterocycles. The first-order chi connectivity index (χ1) is 20.8. The molecule has 0 radical (unpaired) electrons. The van der Waals surface area contributed by atoms with Gasteiger partial charge in [-0.1, -0.05) is 19.4 Å². The normalized spacial score (nSPS) is 12.6. The van der Waals surface area contributed by atoms with E-state index in [2.05, 4.69) is 37.1 Å². The van der Waals surface area contributed by atoms with E-state index < -0.39 is 0 Å². The standard InChI is InChI=1S/C28H38N4O3.C4H7NO.C2H4/c1-6-7-8-9-10-15-31(4)28(33)18-21(2)14-17-35-26-20-27(32-16-13-22(3)30-32)29-25-19-23(34-5)11-12-24(25)26;6-3-5-4-1-2-4;1-2/h6,11-13,16,19-21H,1,7-10,14-15,17-18H2,2-5H3;3-4H,1-2H2,(H,5,6);1-2H2. The summed E-state index contributed by atoms with van der Waals surface area (Å²) in [6.07, 6.45) is 12.6. The molecule has 1 saturated carbocycles. The van der Waals surface area contributed by atoms with Gasteiger partial charge < -0.3 is 19.7 Å². The van der Waals surface area contributed by atoms with Gasteiger partial charge in [-0.15, -0.1) is 19.7 Å². The van der Waals surface area contributed by atoms with Crippen molar-refractivity contribution >= 4 is 23.2 Å². The Hall–Kier alpha value is -4.14. The number of ether oxygens (including phenoxy) is 2. The zero-order valence-corrected chi connectivity index (χ0v) is 26.4. The Morgan fingerprint density at radius 3 is 2.58 bits per heavy atom. The van der Waals surface area contributed by atoms with Crippen LogP contribution >= 0.6 is 0 Å². The van der Waals surface area contributed by atoms with Gasteiger partial charge in [0.05, 0.1) is 24.9 Å². The van der Waals surface area contributed by atoms with E-state index in [1.54, 1.807) is 11.8 Å². The van der Waals surface area contributed by atoms with E-state index in [1.807, 2.05) is 61.5 Å². The van der Waals surface area contributed by atoms with Crippen LogP contribution in [0.2, 0.25) is 0 Å². The van der Waals surface area contributed by atoms with Crippen LogP contribution in [0.15, 0.2) is 62.3 Å². The number of benzene rings is 1. The van der Waals surface area contributed by atoms with E-state index in [0.29, 0.717) is 24.9 Å². The van der Waals surface area contributed by atoms with Crippen molar-refractivity contribution in [1.29, 1.82) is 0 Å². The van der Waals surface area contributed by atoms with Crippen LogP contribution in [0.25, 0.3) is 16.7 Å². The van der Waals surface area contributed by atoms with Gasteiger partial charge in [0.1, 0.15) is 11.5 Å². The second kappa shape index (κ2) is 19.1. The quantitative estimate of drug-likeness (QED) is 0.117. The fourth-order valence-corrected chi connectivity index (χ4v) is 4.28. The maximum atomic E-state index is 12.6. The van der Waals surface area contributed by atoms with Crippen LogP contribution in [0.1, 0.15) is 64.0 Å². The zero-order chi connectivity index (χ0) is 31.6. The number of fused-ring (bicyclic) bond motifs is 1. The molecule has 0 bridgehead atoms. The highest BCUT2D eigenvalue weighted by Gasteiger charge is 2.19. The van der Waals surface area contributed by atoms with Gasteiger partial charge in [0.2, 0.25) is 12.3 Å². The molecule has 1 atom stereocenters.